The van der Waals surface area contributed by atoms with Gasteiger partial charge in [0.15, 0.2) is 5.43 Å². The Balaban J connectivity index is 2.01. The van der Waals surface area contributed by atoms with Crippen LogP contribution in [0.2, 0.25) is 0 Å². The van der Waals surface area contributed by atoms with Crippen LogP contribution in [0.5, 0.6) is 11.5 Å². The number of H-pyrrole nitrogens is 1. The molecule has 0 saturated heterocycles. The third-order valence-electron chi connectivity index (χ3n) is 2.99. The van der Waals surface area contributed by atoms with Gasteiger partial charge in [0.2, 0.25) is 0 Å². The van der Waals surface area contributed by atoms with E-state index in [9.17, 15) is 9.18 Å². The number of aryl methyl sites for hydroxylation is 1. The summed E-state index contributed by atoms with van der Waals surface area (Å²) in [4.78, 5) is 15.0. The fourth-order valence-electron chi connectivity index (χ4n) is 2.06. The average molecular weight is 269 g/mol. The molecule has 0 atom stereocenters. The lowest BCUT2D eigenvalue weighted by Gasteiger charge is -2.07. The molecular weight excluding hydrogens is 257 g/mol. The quantitative estimate of drug-likeness (QED) is 0.769. The zero-order valence-electron chi connectivity index (χ0n) is 10.8. The van der Waals surface area contributed by atoms with Gasteiger partial charge in [0.1, 0.15) is 17.3 Å². The third kappa shape index (κ3) is 2.40. The zero-order valence-corrected chi connectivity index (χ0v) is 10.8. The summed E-state index contributed by atoms with van der Waals surface area (Å²) in [5.41, 5.74) is 1.52. The molecule has 1 aromatic heterocycles. The van der Waals surface area contributed by atoms with Gasteiger partial charge in [-0.1, -0.05) is 0 Å². The molecule has 3 rings (SSSR count). The van der Waals surface area contributed by atoms with Gasteiger partial charge in [-0.15, -0.1) is 0 Å². The normalized spacial score (nSPS) is 10.7. The Morgan fingerprint density at radius 1 is 1.00 bits per heavy atom. The van der Waals surface area contributed by atoms with Crippen LogP contribution >= 0.6 is 0 Å². The number of benzene rings is 2. The molecule has 0 radical (unpaired) electrons. The molecule has 0 unspecified atom stereocenters. The van der Waals surface area contributed by atoms with E-state index in [4.69, 9.17) is 4.74 Å². The van der Waals surface area contributed by atoms with Crippen LogP contribution in [0.25, 0.3) is 10.9 Å². The number of rotatable bonds is 2. The first-order valence-electron chi connectivity index (χ1n) is 6.19. The molecule has 0 amide bonds. The van der Waals surface area contributed by atoms with Crippen molar-refractivity contribution in [1.82, 2.24) is 4.98 Å². The lowest BCUT2D eigenvalue weighted by molar-refractivity contribution is 0.481. The van der Waals surface area contributed by atoms with E-state index in [1.807, 2.05) is 6.92 Å². The lowest BCUT2D eigenvalue weighted by Crippen LogP contribution is -2.02. The average Bonchev–Trinajstić information content (AvgIpc) is 2.42. The van der Waals surface area contributed by atoms with Crippen molar-refractivity contribution in [2.24, 2.45) is 0 Å². The number of ether oxygens (including phenoxy) is 1. The molecule has 3 nitrogen and oxygen atoms in total. The van der Waals surface area contributed by atoms with E-state index in [0.717, 1.165) is 11.2 Å². The molecule has 4 heteroatoms. The fraction of sp³-hybridized carbons (Fsp3) is 0.0625. The Morgan fingerprint density at radius 3 is 2.45 bits per heavy atom. The van der Waals surface area contributed by atoms with Crippen molar-refractivity contribution in [1.29, 1.82) is 0 Å². The van der Waals surface area contributed by atoms with Gasteiger partial charge in [-0.3, -0.25) is 4.79 Å². The smallest absolute Gasteiger partial charge is 0.189 e. The van der Waals surface area contributed by atoms with Crippen molar-refractivity contribution in [3.8, 4) is 11.5 Å². The van der Waals surface area contributed by atoms with Crippen molar-refractivity contribution in [2.75, 3.05) is 0 Å². The van der Waals surface area contributed by atoms with Gasteiger partial charge in [0, 0.05) is 22.7 Å². The summed E-state index contributed by atoms with van der Waals surface area (Å²) in [5, 5.41) is 0.565. The van der Waals surface area contributed by atoms with Crippen molar-refractivity contribution in [3.05, 3.63) is 70.3 Å². The molecule has 3 aromatic rings. The molecule has 20 heavy (non-hydrogen) atoms. The van der Waals surface area contributed by atoms with Crippen molar-refractivity contribution < 1.29 is 9.13 Å². The monoisotopic (exact) mass is 269 g/mol. The minimum absolute atomic E-state index is 0.0548. The Kier molecular flexibility index (Phi) is 2.99. The van der Waals surface area contributed by atoms with E-state index >= 15 is 0 Å². The van der Waals surface area contributed by atoms with Gasteiger partial charge in [0.25, 0.3) is 0 Å². The van der Waals surface area contributed by atoms with Crippen molar-refractivity contribution >= 4 is 10.9 Å². The maximum absolute atomic E-state index is 12.8. The fourth-order valence-corrected chi connectivity index (χ4v) is 2.06. The number of nitrogens with one attached hydrogen (secondary N) is 1. The van der Waals surface area contributed by atoms with Gasteiger partial charge in [0.05, 0.1) is 0 Å². The molecule has 2 aromatic carbocycles. The highest BCUT2D eigenvalue weighted by Crippen LogP contribution is 2.24. The Morgan fingerprint density at radius 2 is 1.70 bits per heavy atom. The number of aromatic amines is 1. The first-order valence-corrected chi connectivity index (χ1v) is 6.19. The summed E-state index contributed by atoms with van der Waals surface area (Å²) in [5.74, 6) is 0.746. The van der Waals surface area contributed by atoms with Gasteiger partial charge in [-0.05, 0) is 49.4 Å². The third-order valence-corrected chi connectivity index (χ3v) is 2.99. The van der Waals surface area contributed by atoms with E-state index in [-0.39, 0.29) is 11.2 Å². The summed E-state index contributed by atoms with van der Waals surface area (Å²) in [7, 11) is 0. The largest absolute Gasteiger partial charge is 0.457 e. The molecule has 100 valence electrons. The maximum atomic E-state index is 12.8. The summed E-state index contributed by atoms with van der Waals surface area (Å²) < 4.78 is 18.4. The number of hydrogen-bond donors (Lipinski definition) is 1. The van der Waals surface area contributed by atoms with Gasteiger partial charge in [-0.2, -0.15) is 0 Å². The van der Waals surface area contributed by atoms with E-state index in [2.05, 4.69) is 4.98 Å². The first kappa shape index (κ1) is 12.4. The highest BCUT2D eigenvalue weighted by molar-refractivity contribution is 5.80. The highest BCUT2D eigenvalue weighted by atomic mass is 19.1. The second-order valence-electron chi connectivity index (χ2n) is 4.58. The first-order chi connectivity index (χ1) is 9.61. The minimum atomic E-state index is -0.317. The Bertz CT molecular complexity index is 822. The van der Waals surface area contributed by atoms with Crippen molar-refractivity contribution in [3.63, 3.8) is 0 Å². The standard InChI is InChI=1S/C16H12FNO2/c1-10-8-16(19)14-9-13(6-7-15(14)18-10)20-12-4-2-11(17)3-5-12/h2-9H,1H3,(H,18,19). The summed E-state index contributed by atoms with van der Waals surface area (Å²) in [6.07, 6.45) is 0. The second kappa shape index (κ2) is 4.81. The molecular formula is C16H12FNO2. The molecule has 0 spiro atoms. The predicted octanol–water partition coefficient (Wildman–Crippen LogP) is 3.77. The molecule has 1 heterocycles. The van der Waals surface area contributed by atoms with Crippen LogP contribution in [0.1, 0.15) is 5.69 Å². The second-order valence-corrected chi connectivity index (χ2v) is 4.58. The van der Waals surface area contributed by atoms with Crippen LogP contribution < -0.4 is 10.2 Å². The number of fused-ring (bicyclic) bond motifs is 1. The van der Waals surface area contributed by atoms with Crippen LogP contribution in [0.4, 0.5) is 4.39 Å². The number of halogens is 1. The van der Waals surface area contributed by atoms with Crippen molar-refractivity contribution in [2.45, 2.75) is 6.92 Å². The number of hydrogen-bond acceptors (Lipinski definition) is 2. The molecule has 0 fully saturated rings. The SMILES string of the molecule is Cc1cc(=O)c2cc(Oc3ccc(F)cc3)ccc2[nH]1. The van der Waals surface area contributed by atoms with E-state index in [1.165, 1.54) is 12.1 Å². The van der Waals surface area contributed by atoms with Crippen LogP contribution in [0.15, 0.2) is 53.3 Å². The Hall–Kier alpha value is -2.62. The maximum Gasteiger partial charge on any atom is 0.189 e. The molecule has 0 aliphatic heterocycles. The number of aromatic nitrogens is 1. The molecule has 0 bridgehead atoms. The zero-order chi connectivity index (χ0) is 14.1. The molecule has 0 aliphatic carbocycles. The predicted molar refractivity (Wildman–Crippen MR) is 75.8 cm³/mol. The van der Waals surface area contributed by atoms with E-state index in [1.54, 1.807) is 36.4 Å². The van der Waals surface area contributed by atoms with Crippen LogP contribution in [-0.2, 0) is 0 Å². The number of pyridine rings is 1. The molecule has 0 saturated carbocycles. The summed E-state index contributed by atoms with van der Waals surface area (Å²) in [6.45, 7) is 1.84. The summed E-state index contributed by atoms with van der Waals surface area (Å²) in [6, 6.07) is 12.5. The summed E-state index contributed by atoms with van der Waals surface area (Å²) >= 11 is 0. The Labute approximate surface area is 114 Å². The van der Waals surface area contributed by atoms with Gasteiger partial charge in [-0.25, -0.2) is 4.39 Å². The molecule has 0 aliphatic rings. The van der Waals surface area contributed by atoms with Crippen LogP contribution in [0, 0.1) is 12.7 Å². The van der Waals surface area contributed by atoms with Crippen LogP contribution in [0.3, 0.4) is 0 Å². The van der Waals surface area contributed by atoms with E-state index < -0.39 is 0 Å². The highest BCUT2D eigenvalue weighted by Gasteiger charge is 2.03. The van der Waals surface area contributed by atoms with E-state index in [0.29, 0.717) is 16.9 Å². The molecule has 1 N–H and O–H groups in total. The minimum Gasteiger partial charge on any atom is -0.457 e. The lowest BCUT2D eigenvalue weighted by atomic mass is 10.2. The topological polar surface area (TPSA) is 42.1 Å². The van der Waals surface area contributed by atoms with Gasteiger partial charge >= 0.3 is 0 Å². The van der Waals surface area contributed by atoms with Crippen LogP contribution in [-0.4, -0.2) is 4.98 Å². The van der Waals surface area contributed by atoms with Gasteiger partial charge < -0.3 is 9.72 Å².